The van der Waals surface area contributed by atoms with E-state index in [2.05, 4.69) is 24.5 Å². The molecule has 1 aromatic carbocycles. The second-order valence-electron chi connectivity index (χ2n) is 6.56. The summed E-state index contributed by atoms with van der Waals surface area (Å²) in [7, 11) is 3.63. The molecule has 0 aliphatic carbocycles. The van der Waals surface area contributed by atoms with Crippen LogP contribution in [0.5, 0.6) is 0 Å². The van der Waals surface area contributed by atoms with Gasteiger partial charge in [0.05, 0.1) is 17.7 Å². The first-order valence-corrected chi connectivity index (χ1v) is 9.38. The fourth-order valence-electron chi connectivity index (χ4n) is 3.08. The average molecular weight is 389 g/mol. The lowest BCUT2D eigenvalue weighted by Gasteiger charge is -2.36. The molecule has 0 bridgehead atoms. The van der Waals surface area contributed by atoms with Gasteiger partial charge in [-0.05, 0) is 19.4 Å². The first kappa shape index (κ1) is 23.5. The van der Waals surface area contributed by atoms with Gasteiger partial charge >= 0.3 is 0 Å². The number of likely N-dealkylation sites (N-methyl/N-ethyl adjacent to an activating group) is 2. The van der Waals surface area contributed by atoms with E-state index in [1.807, 2.05) is 25.9 Å². The van der Waals surface area contributed by atoms with Gasteiger partial charge in [-0.3, -0.25) is 0 Å². The SMILES string of the molecule is C=C/C(C(=C)NCC)=C(/C#N)C(CCC)N(C)N(C)Cc1cccc(F)c1F. The zero-order valence-electron chi connectivity index (χ0n) is 17.2. The summed E-state index contributed by atoms with van der Waals surface area (Å²) in [5.74, 6) is -1.72. The molecule has 152 valence electrons. The minimum Gasteiger partial charge on any atom is -0.385 e. The van der Waals surface area contributed by atoms with Crippen LogP contribution in [0.3, 0.4) is 0 Å². The molecule has 0 amide bonds. The monoisotopic (exact) mass is 388 g/mol. The number of nitrogens with zero attached hydrogens (tertiary/aromatic N) is 3. The molecule has 0 saturated heterocycles. The fourth-order valence-corrected chi connectivity index (χ4v) is 3.08. The number of halogens is 2. The van der Waals surface area contributed by atoms with Crippen molar-refractivity contribution >= 4 is 0 Å². The first-order valence-electron chi connectivity index (χ1n) is 9.38. The Labute approximate surface area is 167 Å². The van der Waals surface area contributed by atoms with Gasteiger partial charge < -0.3 is 5.32 Å². The van der Waals surface area contributed by atoms with Gasteiger partial charge in [0.15, 0.2) is 11.6 Å². The van der Waals surface area contributed by atoms with Crippen molar-refractivity contribution in [1.82, 2.24) is 15.3 Å². The Morgan fingerprint density at radius 2 is 2.00 bits per heavy atom. The van der Waals surface area contributed by atoms with E-state index in [9.17, 15) is 14.0 Å². The molecule has 6 heteroatoms. The molecule has 0 aromatic heterocycles. The quantitative estimate of drug-likeness (QED) is 0.343. The molecular formula is C22H30F2N4. The van der Waals surface area contributed by atoms with E-state index in [1.54, 1.807) is 24.2 Å². The molecule has 0 saturated carbocycles. The van der Waals surface area contributed by atoms with Crippen molar-refractivity contribution in [3.8, 4) is 6.07 Å². The van der Waals surface area contributed by atoms with Crippen LogP contribution < -0.4 is 5.32 Å². The van der Waals surface area contributed by atoms with Gasteiger partial charge in [-0.1, -0.05) is 44.7 Å². The highest BCUT2D eigenvalue weighted by atomic mass is 19.2. The van der Waals surface area contributed by atoms with Crippen LogP contribution in [0, 0.1) is 23.0 Å². The van der Waals surface area contributed by atoms with Crippen LogP contribution in [0.2, 0.25) is 0 Å². The van der Waals surface area contributed by atoms with Crippen molar-refractivity contribution in [1.29, 1.82) is 5.26 Å². The van der Waals surface area contributed by atoms with E-state index >= 15 is 0 Å². The van der Waals surface area contributed by atoms with Gasteiger partial charge in [0.2, 0.25) is 0 Å². The van der Waals surface area contributed by atoms with Crippen molar-refractivity contribution < 1.29 is 8.78 Å². The lowest BCUT2D eigenvalue weighted by molar-refractivity contribution is -0.0117. The summed E-state index contributed by atoms with van der Waals surface area (Å²) < 4.78 is 27.6. The van der Waals surface area contributed by atoms with E-state index in [0.717, 1.165) is 12.5 Å². The van der Waals surface area contributed by atoms with Crippen LogP contribution in [0.4, 0.5) is 8.78 Å². The molecule has 28 heavy (non-hydrogen) atoms. The number of nitriles is 1. The number of hydrogen-bond acceptors (Lipinski definition) is 4. The third-order valence-electron chi connectivity index (χ3n) is 4.65. The standard InChI is InChI=1S/C22H30F2N4/c1-7-11-21(19(14-25)18(8-2)16(4)26-9-3)28(6)27(5)15-17-12-10-13-20(23)22(17)24/h8,10,12-13,21,26H,2,4,7,9,11,15H2,1,3,5-6H3/b19-18+. The van der Waals surface area contributed by atoms with Crippen molar-refractivity contribution in [2.45, 2.75) is 39.3 Å². The number of hydrogen-bond donors (Lipinski definition) is 1. The van der Waals surface area contributed by atoms with Crippen LogP contribution >= 0.6 is 0 Å². The van der Waals surface area contributed by atoms with E-state index in [0.29, 0.717) is 29.8 Å². The maximum Gasteiger partial charge on any atom is 0.163 e. The van der Waals surface area contributed by atoms with E-state index in [-0.39, 0.29) is 18.2 Å². The zero-order valence-corrected chi connectivity index (χ0v) is 17.2. The second-order valence-corrected chi connectivity index (χ2v) is 6.56. The Morgan fingerprint density at radius 1 is 1.32 bits per heavy atom. The number of benzene rings is 1. The predicted octanol–water partition coefficient (Wildman–Crippen LogP) is 4.54. The van der Waals surface area contributed by atoms with Crippen molar-refractivity contribution in [2.75, 3.05) is 20.6 Å². The smallest absolute Gasteiger partial charge is 0.163 e. The van der Waals surface area contributed by atoms with Crippen LogP contribution in [-0.2, 0) is 6.54 Å². The molecule has 1 aromatic rings. The molecule has 0 fully saturated rings. The Balaban J connectivity index is 3.23. The normalized spacial score (nSPS) is 13.1. The molecule has 4 nitrogen and oxygen atoms in total. The number of allylic oxidation sites excluding steroid dienone is 1. The summed E-state index contributed by atoms with van der Waals surface area (Å²) >= 11 is 0. The topological polar surface area (TPSA) is 42.3 Å². The summed E-state index contributed by atoms with van der Waals surface area (Å²) in [4.78, 5) is 0. The van der Waals surface area contributed by atoms with Crippen LogP contribution in [0.15, 0.2) is 54.3 Å². The summed E-state index contributed by atoms with van der Waals surface area (Å²) in [6.45, 7) is 12.7. The third kappa shape index (κ3) is 5.75. The zero-order chi connectivity index (χ0) is 21.3. The molecule has 1 rings (SSSR count). The van der Waals surface area contributed by atoms with Crippen molar-refractivity contribution in [2.24, 2.45) is 0 Å². The molecular weight excluding hydrogens is 358 g/mol. The molecule has 1 atom stereocenters. The first-order chi connectivity index (χ1) is 13.3. The lowest BCUT2D eigenvalue weighted by atomic mass is 9.96. The largest absolute Gasteiger partial charge is 0.385 e. The number of nitrogens with one attached hydrogen (secondary N) is 1. The Morgan fingerprint density at radius 3 is 2.54 bits per heavy atom. The van der Waals surface area contributed by atoms with E-state index in [1.165, 1.54) is 6.07 Å². The molecule has 0 radical (unpaired) electrons. The van der Waals surface area contributed by atoms with E-state index in [4.69, 9.17) is 0 Å². The maximum atomic E-state index is 14.1. The fraction of sp³-hybridized carbons (Fsp3) is 0.409. The number of hydrazine groups is 1. The Kier molecular flexibility index (Phi) is 9.57. The van der Waals surface area contributed by atoms with Crippen LogP contribution in [0.1, 0.15) is 32.3 Å². The molecule has 0 aliphatic heterocycles. The molecule has 1 unspecified atom stereocenters. The summed E-state index contributed by atoms with van der Waals surface area (Å²) in [5.41, 5.74) is 2.10. The highest BCUT2D eigenvalue weighted by molar-refractivity contribution is 5.48. The van der Waals surface area contributed by atoms with Gasteiger partial charge in [-0.15, -0.1) is 0 Å². The maximum absolute atomic E-state index is 14.1. The Hall–Kier alpha value is -2.49. The minimum atomic E-state index is -0.868. The average Bonchev–Trinajstić information content (AvgIpc) is 2.67. The van der Waals surface area contributed by atoms with E-state index < -0.39 is 11.6 Å². The highest BCUT2D eigenvalue weighted by Gasteiger charge is 2.25. The summed E-state index contributed by atoms with van der Waals surface area (Å²) in [6, 6.07) is 6.20. The molecule has 1 N–H and O–H groups in total. The predicted molar refractivity (Wildman–Crippen MR) is 110 cm³/mol. The minimum absolute atomic E-state index is 0.177. The molecule has 0 heterocycles. The van der Waals surface area contributed by atoms with Gasteiger partial charge in [-0.25, -0.2) is 18.8 Å². The Bertz CT molecular complexity index is 764. The van der Waals surface area contributed by atoms with Gasteiger partial charge in [0, 0.05) is 44.0 Å². The van der Waals surface area contributed by atoms with Gasteiger partial charge in [0.25, 0.3) is 0 Å². The molecule has 0 spiro atoms. The summed E-state index contributed by atoms with van der Waals surface area (Å²) in [6.07, 6.45) is 3.19. The van der Waals surface area contributed by atoms with Gasteiger partial charge in [0.1, 0.15) is 0 Å². The summed E-state index contributed by atoms with van der Waals surface area (Å²) in [5, 5.41) is 16.7. The van der Waals surface area contributed by atoms with Crippen molar-refractivity contribution in [3.63, 3.8) is 0 Å². The second kappa shape index (κ2) is 11.4. The molecule has 0 aliphatic rings. The van der Waals surface area contributed by atoms with Crippen molar-refractivity contribution in [3.05, 3.63) is 71.5 Å². The van der Waals surface area contributed by atoms with Crippen LogP contribution in [-0.4, -0.2) is 36.7 Å². The third-order valence-corrected chi connectivity index (χ3v) is 4.65. The highest BCUT2D eigenvalue weighted by Crippen LogP contribution is 2.24. The van der Waals surface area contributed by atoms with Crippen LogP contribution in [0.25, 0.3) is 0 Å². The lowest BCUT2D eigenvalue weighted by Crippen LogP contribution is -2.45. The van der Waals surface area contributed by atoms with Gasteiger partial charge in [-0.2, -0.15) is 5.26 Å². The number of rotatable bonds is 11.